The standard InChI is InChI=1S/C77H108N8O3S2/c1-15-17-19-21-23-25-27-29-31-33-44-89-62-46-57-58(47-63(62)90-45-34-32-30-28-26-24-22-20-18-16-2)74-79-73(57)78-70-54-38-35-41-59(86-67(48(3)4)49(5)6)64(54)75(80-70)81-71-55-39-36-42-60(87-68(50(7)8)51(9)10)65(55)76(82-71)83-72-56-40-37-43-61(66(56)77(84-72)85-74)88-69(52(11)12)53(13)14/h35-43,46-53,67-69H,15-34,44-45H2,1-14H3,(H2,78,79,80,81,82,83,84,85). The normalized spacial score (nSPS) is 12.5. The topological polar surface area (TPSA) is 137 Å². The number of thioether (sulfide) groups is 2. The molecule has 0 radical (unpaired) electrons. The Hall–Kier alpha value is -5.66. The third-order valence-corrected chi connectivity index (χ3v) is 20.5. The third kappa shape index (κ3) is 17.1. The van der Waals surface area contributed by atoms with Crippen LogP contribution in [0.3, 0.4) is 0 Å². The average molecular weight is 1260 g/mol. The van der Waals surface area contributed by atoms with Crippen molar-refractivity contribution >= 4 is 67.7 Å². The van der Waals surface area contributed by atoms with E-state index < -0.39 is 0 Å². The summed E-state index contributed by atoms with van der Waals surface area (Å²) in [6.45, 7) is 31.3. The van der Waals surface area contributed by atoms with Crippen LogP contribution in [-0.2, 0) is 0 Å². The summed E-state index contributed by atoms with van der Waals surface area (Å²) in [4.78, 5) is 43.5. The Bertz CT molecular complexity index is 3600. The van der Waals surface area contributed by atoms with Gasteiger partial charge in [-0.1, -0.05) is 249 Å². The van der Waals surface area contributed by atoms with Crippen molar-refractivity contribution in [3.05, 3.63) is 66.7 Å². The number of benzene rings is 4. The van der Waals surface area contributed by atoms with Crippen LogP contribution >= 0.6 is 23.5 Å². The lowest BCUT2D eigenvalue weighted by Crippen LogP contribution is -2.29. The molecule has 11 nitrogen and oxygen atoms in total. The second kappa shape index (κ2) is 33.3. The molecule has 0 saturated heterocycles. The fourth-order valence-electron chi connectivity index (χ4n) is 13.5. The molecule has 8 bridgehead atoms. The van der Waals surface area contributed by atoms with Crippen LogP contribution in [0.25, 0.3) is 89.7 Å². The molecule has 0 amide bonds. The summed E-state index contributed by atoms with van der Waals surface area (Å²) in [5, 5.41) is 3.63. The quantitative estimate of drug-likeness (QED) is 0.0287. The van der Waals surface area contributed by atoms with Crippen LogP contribution in [0.5, 0.6) is 17.2 Å². The maximum absolute atomic E-state index is 7.14. The van der Waals surface area contributed by atoms with Gasteiger partial charge < -0.3 is 24.2 Å². The minimum absolute atomic E-state index is 0.0549. The average Bonchev–Trinajstić information content (AvgIpc) is 1.69. The number of ether oxygens (including phenoxy) is 3. The molecular weight excluding hydrogens is 1150 g/mol. The van der Waals surface area contributed by atoms with E-state index >= 15 is 0 Å². The Kier molecular flexibility index (Phi) is 25.4. The molecule has 0 fully saturated rings. The van der Waals surface area contributed by atoms with Crippen molar-refractivity contribution < 1.29 is 14.2 Å². The summed E-state index contributed by atoms with van der Waals surface area (Å²) >= 11 is 3.99. The van der Waals surface area contributed by atoms with Crippen LogP contribution < -0.4 is 14.2 Å². The minimum atomic E-state index is -0.0595. The number of fused-ring (bicyclic) bond motifs is 20. The first-order valence-electron chi connectivity index (χ1n) is 35.2. The van der Waals surface area contributed by atoms with E-state index in [1.807, 2.05) is 29.6 Å². The Labute approximate surface area is 548 Å². The van der Waals surface area contributed by atoms with Crippen molar-refractivity contribution in [2.45, 2.75) is 253 Å². The molecule has 4 aromatic carbocycles. The summed E-state index contributed by atoms with van der Waals surface area (Å²) in [6.07, 6.45) is 26.2. The molecule has 13 heteroatoms. The molecule has 9 rings (SSSR count). The van der Waals surface area contributed by atoms with Gasteiger partial charge in [-0.2, -0.15) is 0 Å². The van der Waals surface area contributed by atoms with Crippen LogP contribution in [0, 0.1) is 35.5 Å². The van der Waals surface area contributed by atoms with Crippen molar-refractivity contribution in [2.75, 3.05) is 11.5 Å². The smallest absolute Gasteiger partial charge is 0.168 e. The monoisotopic (exact) mass is 1260 g/mol. The molecule has 0 atom stereocenters. The predicted octanol–water partition coefficient (Wildman–Crippen LogP) is 23.1. The first-order chi connectivity index (χ1) is 43.6. The van der Waals surface area contributed by atoms with E-state index in [4.69, 9.17) is 44.1 Å². The van der Waals surface area contributed by atoms with E-state index in [0.29, 0.717) is 45.9 Å². The molecule has 5 heterocycles. The lowest BCUT2D eigenvalue weighted by atomic mass is 9.96. The number of aromatic nitrogens is 8. The Morgan fingerprint density at radius 2 is 0.667 bits per heavy atom. The summed E-state index contributed by atoms with van der Waals surface area (Å²) < 4.78 is 21.4. The zero-order valence-electron chi connectivity index (χ0n) is 57.3. The van der Waals surface area contributed by atoms with Crippen molar-refractivity contribution in [1.29, 1.82) is 0 Å². The minimum Gasteiger partial charge on any atom is -0.489 e. The SMILES string of the molecule is CCCCCCCCCCCCSc1cc2c3nc4nc(nc5[nH]c(nc6nc(nc([nH]3)c2cc1SCCCCCCCCCCCC)-c1c(OC(C(C)C)C(C)C)cccc1-6)c1c(OC(C(C)C)C(C)C)cccc51)-c1c(OC(C(C)C)C(C)C)cccc1-4. The van der Waals surface area contributed by atoms with Crippen molar-refractivity contribution in [3.8, 4) is 62.8 Å². The fraction of sp³-hybridized carbons (Fsp3) is 0.584. The van der Waals surface area contributed by atoms with Gasteiger partial charge in [0, 0.05) is 37.1 Å². The van der Waals surface area contributed by atoms with Gasteiger partial charge in [-0.3, -0.25) is 0 Å². The summed E-state index contributed by atoms with van der Waals surface area (Å²) in [5.41, 5.74) is 5.83. The predicted molar refractivity (Wildman–Crippen MR) is 383 cm³/mol. The third-order valence-electron chi connectivity index (χ3n) is 18.1. The zero-order valence-corrected chi connectivity index (χ0v) is 59.0. The second-order valence-corrected chi connectivity index (χ2v) is 30.0. The highest BCUT2D eigenvalue weighted by molar-refractivity contribution is 8.02. The molecule has 0 unspecified atom stereocenters. The van der Waals surface area contributed by atoms with Gasteiger partial charge in [0.05, 0.1) is 16.5 Å². The van der Waals surface area contributed by atoms with Crippen molar-refractivity contribution in [2.24, 2.45) is 35.5 Å². The number of hydrogen-bond acceptors (Lipinski definition) is 11. The van der Waals surface area contributed by atoms with Gasteiger partial charge >= 0.3 is 0 Å². The number of aromatic amines is 2. The number of hydrogen-bond donors (Lipinski definition) is 2. The first kappa shape index (κ1) is 68.7. The van der Waals surface area contributed by atoms with Gasteiger partial charge in [-0.25, -0.2) is 29.9 Å². The lowest BCUT2D eigenvalue weighted by Gasteiger charge is -2.27. The van der Waals surface area contributed by atoms with Gasteiger partial charge in [0.25, 0.3) is 0 Å². The number of H-pyrrole nitrogens is 2. The van der Waals surface area contributed by atoms with E-state index in [2.05, 4.69) is 168 Å². The Balaban J connectivity index is 1.27. The molecule has 0 saturated carbocycles. The van der Waals surface area contributed by atoms with Crippen LogP contribution in [0.15, 0.2) is 76.5 Å². The maximum atomic E-state index is 7.14. The van der Waals surface area contributed by atoms with Gasteiger partial charge in [0.1, 0.15) is 58.1 Å². The second-order valence-electron chi connectivity index (χ2n) is 27.8. The number of nitrogens with zero attached hydrogens (tertiary/aromatic N) is 6. The molecule has 0 spiro atoms. The summed E-state index contributed by atoms with van der Waals surface area (Å²) in [6, 6.07) is 23.4. The van der Waals surface area contributed by atoms with E-state index in [-0.39, 0.29) is 53.8 Å². The van der Waals surface area contributed by atoms with Gasteiger partial charge in [-0.05, 0) is 90.2 Å². The number of nitrogens with one attached hydrogen (secondary N) is 2. The maximum Gasteiger partial charge on any atom is 0.168 e. The zero-order chi connectivity index (χ0) is 63.8. The van der Waals surface area contributed by atoms with Gasteiger partial charge in [-0.15, -0.1) is 23.5 Å². The van der Waals surface area contributed by atoms with Gasteiger partial charge in [0.2, 0.25) is 0 Å². The Morgan fingerprint density at radius 3 is 1.07 bits per heavy atom. The molecule has 2 aliphatic rings. The van der Waals surface area contributed by atoms with E-state index in [0.717, 1.165) is 72.6 Å². The Morgan fingerprint density at radius 1 is 0.344 bits per heavy atom. The van der Waals surface area contributed by atoms with Crippen molar-refractivity contribution in [1.82, 2.24) is 39.9 Å². The van der Waals surface area contributed by atoms with E-state index in [1.54, 1.807) is 0 Å². The van der Waals surface area contributed by atoms with Crippen LogP contribution in [0.1, 0.15) is 225 Å². The molecular formula is C77H108N8O3S2. The number of unbranched alkanes of at least 4 members (excludes halogenated alkanes) is 18. The highest BCUT2D eigenvalue weighted by Crippen LogP contribution is 2.46. The molecule has 3 aromatic heterocycles. The molecule has 7 aromatic rings. The largest absolute Gasteiger partial charge is 0.489 e. The molecule has 486 valence electrons. The van der Waals surface area contributed by atoms with Crippen LogP contribution in [0.2, 0.25) is 0 Å². The van der Waals surface area contributed by atoms with Crippen molar-refractivity contribution in [3.63, 3.8) is 0 Å². The first-order valence-corrected chi connectivity index (χ1v) is 37.2. The molecule has 2 N–H and O–H groups in total. The van der Waals surface area contributed by atoms with Crippen LogP contribution in [0.4, 0.5) is 0 Å². The van der Waals surface area contributed by atoms with E-state index in [1.165, 1.54) is 138 Å². The van der Waals surface area contributed by atoms with E-state index in [9.17, 15) is 0 Å². The highest BCUT2D eigenvalue weighted by Gasteiger charge is 2.31. The molecule has 0 aliphatic carbocycles. The lowest BCUT2D eigenvalue weighted by molar-refractivity contribution is 0.106. The molecule has 2 aliphatic heterocycles. The summed E-state index contributed by atoms with van der Waals surface area (Å²) in [7, 11) is 0. The summed E-state index contributed by atoms with van der Waals surface area (Å²) in [5.74, 6) is 7.93. The number of rotatable bonds is 36. The fourth-order valence-corrected chi connectivity index (χ4v) is 15.8. The molecule has 90 heavy (non-hydrogen) atoms. The highest BCUT2D eigenvalue weighted by atomic mass is 32.2. The van der Waals surface area contributed by atoms with Gasteiger partial charge in [0.15, 0.2) is 23.3 Å². The van der Waals surface area contributed by atoms with Crippen LogP contribution in [-0.4, -0.2) is 69.7 Å².